The molecule has 0 bridgehead atoms. The molecule has 0 aromatic rings. The van der Waals surface area contributed by atoms with Crippen molar-refractivity contribution in [2.45, 2.75) is 45.6 Å². The first-order chi connectivity index (χ1) is 5.08. The Morgan fingerprint density at radius 2 is 2.00 bits per heavy atom. The number of nitrogens with one attached hydrogen (secondary N) is 1. The van der Waals surface area contributed by atoms with E-state index in [-0.39, 0.29) is 5.54 Å². The lowest BCUT2D eigenvalue weighted by Crippen LogP contribution is -2.32. The molecule has 0 unspecified atom stereocenters. The average Bonchev–Trinajstić information content (AvgIpc) is 1.73. The fourth-order valence-corrected chi connectivity index (χ4v) is 0.925. The summed E-state index contributed by atoms with van der Waals surface area (Å²) in [5.74, 6) is 0.754. The molecule has 1 saturated carbocycles. The highest BCUT2D eigenvalue weighted by molar-refractivity contribution is 5.61. The van der Waals surface area contributed by atoms with E-state index >= 15 is 0 Å². The van der Waals surface area contributed by atoms with Gasteiger partial charge in [0.2, 0.25) is 0 Å². The van der Waals surface area contributed by atoms with Crippen LogP contribution in [0.3, 0.4) is 0 Å². The Morgan fingerprint density at radius 1 is 1.36 bits per heavy atom. The van der Waals surface area contributed by atoms with Crippen LogP contribution in [0.5, 0.6) is 0 Å². The molecule has 0 saturated heterocycles. The highest BCUT2D eigenvalue weighted by Gasteiger charge is 2.14. The molecule has 11 heavy (non-hydrogen) atoms. The van der Waals surface area contributed by atoms with Crippen molar-refractivity contribution in [3.05, 3.63) is 0 Å². The minimum absolute atomic E-state index is 0.111. The molecular formula is C9H18N2. The summed E-state index contributed by atoms with van der Waals surface area (Å²) < 4.78 is 0. The van der Waals surface area contributed by atoms with Gasteiger partial charge in [-0.2, -0.15) is 5.10 Å². The lowest BCUT2D eigenvalue weighted by Gasteiger charge is -2.22. The Hall–Kier alpha value is -0.530. The van der Waals surface area contributed by atoms with Gasteiger partial charge in [-0.3, -0.25) is 0 Å². The first kappa shape index (κ1) is 8.57. The zero-order valence-electron chi connectivity index (χ0n) is 7.72. The third-order valence-corrected chi connectivity index (χ3v) is 1.84. The maximum atomic E-state index is 4.19. The number of hydrogen-bond acceptors (Lipinski definition) is 2. The van der Waals surface area contributed by atoms with E-state index in [2.05, 4.69) is 37.5 Å². The van der Waals surface area contributed by atoms with E-state index in [0.29, 0.717) is 0 Å². The van der Waals surface area contributed by atoms with Crippen LogP contribution in [0.25, 0.3) is 0 Å². The first-order valence-electron chi connectivity index (χ1n) is 4.38. The Bertz CT molecular complexity index is 140. The predicted molar refractivity (Wildman–Crippen MR) is 48.7 cm³/mol. The highest BCUT2D eigenvalue weighted by atomic mass is 15.3. The summed E-state index contributed by atoms with van der Waals surface area (Å²) in [6, 6.07) is 0. The summed E-state index contributed by atoms with van der Waals surface area (Å²) in [4.78, 5) is 0. The Kier molecular flexibility index (Phi) is 2.53. The molecule has 0 atom stereocenters. The smallest absolute Gasteiger partial charge is 0.0464 e. The van der Waals surface area contributed by atoms with Crippen LogP contribution >= 0.6 is 0 Å². The van der Waals surface area contributed by atoms with Gasteiger partial charge in [0.25, 0.3) is 0 Å². The normalized spacial score (nSPS) is 20.3. The number of hydrogen-bond donors (Lipinski definition) is 1. The molecular weight excluding hydrogens is 136 g/mol. The van der Waals surface area contributed by atoms with E-state index in [1.807, 2.05) is 0 Å². The van der Waals surface area contributed by atoms with E-state index < -0.39 is 0 Å². The van der Waals surface area contributed by atoms with Gasteiger partial charge < -0.3 is 5.43 Å². The largest absolute Gasteiger partial charge is 0.305 e. The first-order valence-corrected chi connectivity index (χ1v) is 4.38. The van der Waals surface area contributed by atoms with Gasteiger partial charge in [-0.25, -0.2) is 0 Å². The van der Waals surface area contributed by atoms with Crippen LogP contribution in [0.15, 0.2) is 5.10 Å². The molecule has 0 radical (unpaired) electrons. The second kappa shape index (κ2) is 3.24. The van der Waals surface area contributed by atoms with E-state index in [1.54, 1.807) is 0 Å². The Labute approximate surface area is 69.1 Å². The minimum atomic E-state index is 0.111. The van der Waals surface area contributed by atoms with Crippen LogP contribution < -0.4 is 5.43 Å². The van der Waals surface area contributed by atoms with Crippen LogP contribution in [0, 0.1) is 5.92 Å². The zero-order chi connectivity index (χ0) is 8.32. The van der Waals surface area contributed by atoms with Crippen LogP contribution in [-0.2, 0) is 0 Å². The topological polar surface area (TPSA) is 24.4 Å². The molecule has 1 aliphatic rings. The maximum absolute atomic E-state index is 4.19. The third-order valence-electron chi connectivity index (χ3n) is 1.84. The number of rotatable bonds is 2. The SMILES string of the molecule is CC(C)(C)N/N=C\C1CCC1. The monoisotopic (exact) mass is 154 g/mol. The maximum Gasteiger partial charge on any atom is 0.0464 e. The van der Waals surface area contributed by atoms with Gasteiger partial charge in [-0.05, 0) is 39.5 Å². The number of nitrogens with zero attached hydrogens (tertiary/aromatic N) is 1. The minimum Gasteiger partial charge on any atom is -0.305 e. The molecule has 1 rings (SSSR count). The van der Waals surface area contributed by atoms with Gasteiger partial charge in [-0.1, -0.05) is 6.42 Å². The molecule has 1 fully saturated rings. The van der Waals surface area contributed by atoms with Crippen molar-refractivity contribution in [3.63, 3.8) is 0 Å². The second-order valence-electron chi connectivity index (χ2n) is 4.33. The van der Waals surface area contributed by atoms with E-state index in [9.17, 15) is 0 Å². The summed E-state index contributed by atoms with van der Waals surface area (Å²) in [7, 11) is 0. The average molecular weight is 154 g/mol. The van der Waals surface area contributed by atoms with Crippen molar-refractivity contribution < 1.29 is 0 Å². The fraction of sp³-hybridized carbons (Fsp3) is 0.889. The second-order valence-corrected chi connectivity index (χ2v) is 4.33. The van der Waals surface area contributed by atoms with Gasteiger partial charge >= 0.3 is 0 Å². The summed E-state index contributed by atoms with van der Waals surface area (Å²) in [5.41, 5.74) is 3.20. The number of hydrazone groups is 1. The molecule has 0 aliphatic heterocycles. The zero-order valence-corrected chi connectivity index (χ0v) is 7.72. The fourth-order valence-electron chi connectivity index (χ4n) is 0.925. The van der Waals surface area contributed by atoms with Crippen LogP contribution in [0.4, 0.5) is 0 Å². The summed E-state index contributed by atoms with van der Waals surface area (Å²) in [6.07, 6.45) is 6.09. The molecule has 0 spiro atoms. The summed E-state index contributed by atoms with van der Waals surface area (Å²) in [5, 5.41) is 4.19. The molecule has 2 nitrogen and oxygen atoms in total. The van der Waals surface area contributed by atoms with Crippen molar-refractivity contribution in [3.8, 4) is 0 Å². The molecule has 0 aromatic heterocycles. The Balaban J connectivity index is 2.14. The third kappa shape index (κ3) is 3.40. The summed E-state index contributed by atoms with van der Waals surface area (Å²) in [6.45, 7) is 6.35. The molecule has 2 heteroatoms. The van der Waals surface area contributed by atoms with Crippen molar-refractivity contribution in [2.24, 2.45) is 11.0 Å². The van der Waals surface area contributed by atoms with Crippen molar-refractivity contribution in [2.75, 3.05) is 0 Å². The van der Waals surface area contributed by atoms with Gasteiger partial charge in [-0.15, -0.1) is 0 Å². The van der Waals surface area contributed by atoms with Crippen molar-refractivity contribution in [1.29, 1.82) is 0 Å². The van der Waals surface area contributed by atoms with Crippen molar-refractivity contribution >= 4 is 6.21 Å². The van der Waals surface area contributed by atoms with Crippen LogP contribution in [-0.4, -0.2) is 11.8 Å². The van der Waals surface area contributed by atoms with Crippen LogP contribution in [0.1, 0.15) is 40.0 Å². The van der Waals surface area contributed by atoms with E-state index in [0.717, 1.165) is 5.92 Å². The molecule has 0 aromatic carbocycles. The van der Waals surface area contributed by atoms with Gasteiger partial charge in [0.05, 0.1) is 0 Å². The predicted octanol–water partition coefficient (Wildman–Crippen LogP) is 2.16. The molecule has 0 heterocycles. The standard InChI is InChI=1S/C9H18N2/c1-9(2,3)11-10-7-8-5-4-6-8/h7-8,11H,4-6H2,1-3H3/b10-7-. The molecule has 64 valence electrons. The highest BCUT2D eigenvalue weighted by Crippen LogP contribution is 2.23. The lowest BCUT2D eigenvalue weighted by atomic mass is 9.87. The van der Waals surface area contributed by atoms with E-state index in [4.69, 9.17) is 0 Å². The van der Waals surface area contributed by atoms with Crippen molar-refractivity contribution in [1.82, 2.24) is 5.43 Å². The molecule has 0 amide bonds. The van der Waals surface area contributed by atoms with Gasteiger partial charge in [0.15, 0.2) is 0 Å². The Morgan fingerprint density at radius 3 is 2.36 bits per heavy atom. The molecule has 1 aliphatic carbocycles. The van der Waals surface area contributed by atoms with Crippen LogP contribution in [0.2, 0.25) is 0 Å². The summed E-state index contributed by atoms with van der Waals surface area (Å²) >= 11 is 0. The molecule has 1 N–H and O–H groups in total. The van der Waals surface area contributed by atoms with Gasteiger partial charge in [0, 0.05) is 11.8 Å². The quantitative estimate of drug-likeness (QED) is 0.478. The van der Waals surface area contributed by atoms with E-state index in [1.165, 1.54) is 19.3 Å². The van der Waals surface area contributed by atoms with Gasteiger partial charge in [0.1, 0.15) is 0 Å². The lowest BCUT2D eigenvalue weighted by molar-refractivity contribution is 0.407.